The van der Waals surface area contributed by atoms with Crippen LogP contribution >= 0.6 is 0 Å². The largest absolute Gasteiger partial charge is 0.323 e. The van der Waals surface area contributed by atoms with Crippen molar-refractivity contribution in [2.75, 3.05) is 10.6 Å². The molecule has 0 aliphatic heterocycles. The molecule has 0 bridgehead atoms. The van der Waals surface area contributed by atoms with E-state index in [1.54, 1.807) is 60.7 Å². The van der Waals surface area contributed by atoms with Crippen molar-refractivity contribution < 1.29 is 9.59 Å². The second kappa shape index (κ2) is 9.31. The van der Waals surface area contributed by atoms with E-state index in [1.807, 2.05) is 12.1 Å². The van der Waals surface area contributed by atoms with Gasteiger partial charge in [-0.2, -0.15) is 5.10 Å². The second-order valence-electron chi connectivity index (χ2n) is 9.06. The van der Waals surface area contributed by atoms with Crippen LogP contribution in [0.3, 0.4) is 0 Å². The number of para-hydroxylation sites is 3. The molecular formula is C27H26N4O3. The summed E-state index contributed by atoms with van der Waals surface area (Å²) in [5.41, 5.74) is 2.99. The molecule has 4 rings (SSSR count). The van der Waals surface area contributed by atoms with E-state index >= 15 is 0 Å². The van der Waals surface area contributed by atoms with Crippen LogP contribution in [0.5, 0.6) is 0 Å². The standard InChI is InChI=1S/C27H26N4O3/c1-27(2,3)19-14-12-18(13-15-19)26(34)30-22-10-6-5-9-21(22)29-25(33)17-31-23-11-7-4-8-20(23)24(32)16-28-31/h4-16H,17H2,1-3H3,(H,29,33)(H,30,34). The van der Waals surface area contributed by atoms with Gasteiger partial charge in [0.25, 0.3) is 5.91 Å². The molecule has 3 aromatic carbocycles. The van der Waals surface area contributed by atoms with Crippen LogP contribution in [0, 0.1) is 0 Å². The Hall–Kier alpha value is -4.26. The van der Waals surface area contributed by atoms with Gasteiger partial charge in [0.1, 0.15) is 6.54 Å². The third kappa shape index (κ3) is 5.04. The Labute approximate surface area is 197 Å². The van der Waals surface area contributed by atoms with E-state index in [-0.39, 0.29) is 29.2 Å². The third-order valence-corrected chi connectivity index (χ3v) is 5.52. The molecular weight excluding hydrogens is 428 g/mol. The summed E-state index contributed by atoms with van der Waals surface area (Å²) < 4.78 is 1.48. The van der Waals surface area contributed by atoms with Crippen molar-refractivity contribution in [3.8, 4) is 0 Å². The number of anilines is 2. The lowest BCUT2D eigenvalue weighted by Gasteiger charge is -2.19. The number of carbonyl (C=O) groups excluding carboxylic acids is 2. The molecule has 2 N–H and O–H groups in total. The number of hydrogen-bond acceptors (Lipinski definition) is 4. The van der Waals surface area contributed by atoms with Gasteiger partial charge in [-0.1, -0.05) is 57.2 Å². The number of hydrogen-bond donors (Lipinski definition) is 2. The number of nitrogens with one attached hydrogen (secondary N) is 2. The van der Waals surface area contributed by atoms with Crippen molar-refractivity contribution in [3.05, 3.63) is 100 Å². The Morgan fingerprint density at radius 3 is 2.15 bits per heavy atom. The first-order valence-electron chi connectivity index (χ1n) is 11.0. The number of fused-ring (bicyclic) bond motifs is 1. The van der Waals surface area contributed by atoms with E-state index in [1.165, 1.54) is 10.9 Å². The maximum Gasteiger partial charge on any atom is 0.255 e. The van der Waals surface area contributed by atoms with Gasteiger partial charge in [0.15, 0.2) is 0 Å². The monoisotopic (exact) mass is 454 g/mol. The van der Waals surface area contributed by atoms with Gasteiger partial charge in [-0.25, -0.2) is 0 Å². The van der Waals surface area contributed by atoms with Crippen LogP contribution in [0.1, 0.15) is 36.7 Å². The van der Waals surface area contributed by atoms with E-state index in [0.29, 0.717) is 27.8 Å². The van der Waals surface area contributed by atoms with Crippen molar-refractivity contribution in [3.63, 3.8) is 0 Å². The molecule has 4 aromatic rings. The average Bonchev–Trinajstić information content (AvgIpc) is 2.82. The van der Waals surface area contributed by atoms with Crippen molar-refractivity contribution >= 4 is 34.1 Å². The van der Waals surface area contributed by atoms with Crippen molar-refractivity contribution in [2.45, 2.75) is 32.7 Å². The summed E-state index contributed by atoms with van der Waals surface area (Å²) >= 11 is 0. The van der Waals surface area contributed by atoms with Gasteiger partial charge < -0.3 is 10.6 Å². The number of carbonyl (C=O) groups is 2. The molecule has 172 valence electrons. The summed E-state index contributed by atoms with van der Waals surface area (Å²) in [5, 5.41) is 10.3. The maximum atomic E-state index is 12.8. The lowest BCUT2D eigenvalue weighted by atomic mass is 9.87. The first-order chi connectivity index (χ1) is 16.2. The van der Waals surface area contributed by atoms with Crippen molar-refractivity contribution in [1.29, 1.82) is 0 Å². The van der Waals surface area contributed by atoms with Gasteiger partial charge >= 0.3 is 0 Å². The summed E-state index contributed by atoms with van der Waals surface area (Å²) in [6.07, 6.45) is 1.20. The van der Waals surface area contributed by atoms with Crippen LogP contribution in [0.4, 0.5) is 11.4 Å². The van der Waals surface area contributed by atoms with E-state index < -0.39 is 0 Å². The number of rotatable bonds is 5. The number of aromatic nitrogens is 2. The van der Waals surface area contributed by atoms with Gasteiger partial charge in [0.05, 0.1) is 23.1 Å². The second-order valence-corrected chi connectivity index (χ2v) is 9.06. The molecule has 1 heterocycles. The third-order valence-electron chi connectivity index (χ3n) is 5.52. The zero-order valence-electron chi connectivity index (χ0n) is 19.3. The molecule has 1 aromatic heterocycles. The normalized spacial score (nSPS) is 11.3. The minimum atomic E-state index is -0.336. The summed E-state index contributed by atoms with van der Waals surface area (Å²) in [6, 6.07) is 21.5. The molecule has 0 aliphatic rings. The van der Waals surface area contributed by atoms with Crippen molar-refractivity contribution in [2.24, 2.45) is 0 Å². The summed E-state index contributed by atoms with van der Waals surface area (Å²) in [5.74, 6) is -0.604. The van der Waals surface area contributed by atoms with Crippen molar-refractivity contribution in [1.82, 2.24) is 9.78 Å². The molecule has 0 radical (unpaired) electrons. The Kier molecular flexibility index (Phi) is 6.27. The summed E-state index contributed by atoms with van der Waals surface area (Å²) in [6.45, 7) is 6.27. The SMILES string of the molecule is CC(C)(C)c1ccc(C(=O)Nc2ccccc2NC(=O)Cn2ncc(=O)c3ccccc32)cc1. The van der Waals surface area contributed by atoms with E-state index in [2.05, 4.69) is 36.5 Å². The van der Waals surface area contributed by atoms with Gasteiger partial charge in [0, 0.05) is 10.9 Å². The molecule has 0 spiro atoms. The van der Waals surface area contributed by atoms with Crippen LogP contribution < -0.4 is 16.1 Å². The summed E-state index contributed by atoms with van der Waals surface area (Å²) in [7, 11) is 0. The smallest absolute Gasteiger partial charge is 0.255 e. The molecule has 0 saturated carbocycles. The minimum Gasteiger partial charge on any atom is -0.323 e. The highest BCUT2D eigenvalue weighted by atomic mass is 16.2. The fourth-order valence-corrected chi connectivity index (χ4v) is 3.63. The molecule has 34 heavy (non-hydrogen) atoms. The van der Waals surface area contributed by atoms with Crippen LogP contribution in [-0.2, 0) is 16.8 Å². The number of nitrogens with zero attached hydrogens (tertiary/aromatic N) is 2. The van der Waals surface area contributed by atoms with Crippen LogP contribution in [0.15, 0.2) is 83.8 Å². The molecule has 0 fully saturated rings. The van der Waals surface area contributed by atoms with Crippen LogP contribution in [0.2, 0.25) is 0 Å². The zero-order chi connectivity index (χ0) is 24.3. The lowest BCUT2D eigenvalue weighted by Crippen LogP contribution is -2.23. The zero-order valence-corrected chi connectivity index (χ0v) is 19.3. The highest BCUT2D eigenvalue weighted by Gasteiger charge is 2.16. The maximum absolute atomic E-state index is 12.8. The minimum absolute atomic E-state index is 0.00189. The molecule has 0 atom stereocenters. The predicted molar refractivity (Wildman–Crippen MR) is 134 cm³/mol. The molecule has 0 saturated heterocycles. The summed E-state index contributed by atoms with van der Waals surface area (Å²) in [4.78, 5) is 37.6. The van der Waals surface area contributed by atoms with Gasteiger partial charge in [-0.15, -0.1) is 0 Å². The highest BCUT2D eigenvalue weighted by molar-refractivity contribution is 6.07. The predicted octanol–water partition coefficient (Wildman–Crippen LogP) is 4.59. The number of benzene rings is 3. The van der Waals surface area contributed by atoms with E-state index in [0.717, 1.165) is 5.56 Å². The van der Waals surface area contributed by atoms with Crippen LogP contribution in [-0.4, -0.2) is 21.6 Å². The Bertz CT molecular complexity index is 1420. The average molecular weight is 455 g/mol. The van der Waals surface area contributed by atoms with Crippen LogP contribution in [0.25, 0.3) is 10.9 Å². The van der Waals surface area contributed by atoms with Gasteiger partial charge in [0.2, 0.25) is 11.3 Å². The lowest BCUT2D eigenvalue weighted by molar-refractivity contribution is -0.116. The molecule has 0 aliphatic carbocycles. The van der Waals surface area contributed by atoms with Gasteiger partial charge in [-0.05, 0) is 47.4 Å². The molecule has 7 heteroatoms. The Morgan fingerprint density at radius 1 is 0.853 bits per heavy atom. The topological polar surface area (TPSA) is 93.1 Å². The molecule has 0 unspecified atom stereocenters. The van der Waals surface area contributed by atoms with Gasteiger partial charge in [-0.3, -0.25) is 19.1 Å². The fourth-order valence-electron chi connectivity index (χ4n) is 3.63. The fraction of sp³-hybridized carbons (Fsp3) is 0.185. The first kappa shape index (κ1) is 22.9. The Morgan fingerprint density at radius 2 is 1.47 bits per heavy atom. The number of amides is 2. The highest BCUT2D eigenvalue weighted by Crippen LogP contribution is 2.24. The Balaban J connectivity index is 1.50. The van der Waals surface area contributed by atoms with E-state index in [4.69, 9.17) is 0 Å². The molecule has 7 nitrogen and oxygen atoms in total. The molecule has 2 amide bonds. The quantitative estimate of drug-likeness (QED) is 0.461. The first-order valence-corrected chi connectivity index (χ1v) is 11.0. The van der Waals surface area contributed by atoms with E-state index in [9.17, 15) is 14.4 Å².